The Hall–Kier alpha value is -2.10. The Morgan fingerprint density at radius 1 is 1.47 bits per heavy atom. The SMILES string of the molecule is O=Cc1cnc(Cc2cccc(O)c2)o1. The summed E-state index contributed by atoms with van der Waals surface area (Å²) in [4.78, 5) is 14.3. The molecule has 4 heteroatoms. The predicted octanol–water partition coefficient (Wildman–Crippen LogP) is 1.78. The van der Waals surface area contributed by atoms with Gasteiger partial charge in [0.2, 0.25) is 0 Å². The Kier molecular flexibility index (Phi) is 2.49. The summed E-state index contributed by atoms with van der Waals surface area (Å²) in [6.07, 6.45) is 2.45. The maximum atomic E-state index is 10.4. The minimum Gasteiger partial charge on any atom is -0.508 e. The molecule has 1 N–H and O–H groups in total. The molecule has 1 aromatic carbocycles. The molecule has 0 saturated carbocycles. The van der Waals surface area contributed by atoms with Gasteiger partial charge >= 0.3 is 0 Å². The summed E-state index contributed by atoms with van der Waals surface area (Å²) in [7, 11) is 0. The molecule has 76 valence electrons. The number of benzene rings is 1. The molecule has 0 atom stereocenters. The third kappa shape index (κ3) is 2.22. The molecule has 0 spiro atoms. The monoisotopic (exact) mass is 203 g/mol. The first kappa shape index (κ1) is 9.45. The minimum atomic E-state index is 0.203. The lowest BCUT2D eigenvalue weighted by Gasteiger charge is -1.97. The molecule has 0 radical (unpaired) electrons. The van der Waals surface area contributed by atoms with Crippen molar-refractivity contribution in [1.82, 2.24) is 4.98 Å². The zero-order valence-corrected chi connectivity index (χ0v) is 7.88. The largest absolute Gasteiger partial charge is 0.508 e. The van der Waals surface area contributed by atoms with Crippen molar-refractivity contribution in [3.63, 3.8) is 0 Å². The zero-order valence-electron chi connectivity index (χ0n) is 7.88. The first-order valence-electron chi connectivity index (χ1n) is 4.46. The Balaban J connectivity index is 2.18. The number of aromatic hydroxyl groups is 1. The zero-order chi connectivity index (χ0) is 10.7. The van der Waals surface area contributed by atoms with Gasteiger partial charge in [0.05, 0.1) is 6.20 Å². The number of hydrogen-bond donors (Lipinski definition) is 1. The van der Waals surface area contributed by atoms with Crippen LogP contribution in [0.15, 0.2) is 34.9 Å². The van der Waals surface area contributed by atoms with Crippen LogP contribution >= 0.6 is 0 Å². The van der Waals surface area contributed by atoms with Crippen LogP contribution < -0.4 is 0 Å². The highest BCUT2D eigenvalue weighted by molar-refractivity contribution is 5.69. The molecule has 2 aromatic rings. The average Bonchev–Trinajstić information content (AvgIpc) is 2.65. The standard InChI is InChI=1S/C11H9NO3/c13-7-10-6-12-11(15-10)5-8-2-1-3-9(14)4-8/h1-4,6-7,14H,5H2. The van der Waals surface area contributed by atoms with E-state index in [2.05, 4.69) is 4.98 Å². The maximum absolute atomic E-state index is 10.4. The summed E-state index contributed by atoms with van der Waals surface area (Å²) < 4.78 is 5.12. The third-order valence-electron chi connectivity index (χ3n) is 1.95. The number of aromatic nitrogens is 1. The minimum absolute atomic E-state index is 0.203. The fourth-order valence-corrected chi connectivity index (χ4v) is 1.30. The Bertz CT molecular complexity index is 476. The molecule has 0 aliphatic rings. The van der Waals surface area contributed by atoms with Crippen LogP contribution in [-0.4, -0.2) is 16.4 Å². The fraction of sp³-hybridized carbons (Fsp3) is 0.0909. The first-order chi connectivity index (χ1) is 7.28. The Morgan fingerprint density at radius 2 is 2.33 bits per heavy atom. The van der Waals surface area contributed by atoms with E-state index in [1.54, 1.807) is 18.2 Å². The van der Waals surface area contributed by atoms with E-state index in [4.69, 9.17) is 4.42 Å². The van der Waals surface area contributed by atoms with E-state index in [0.29, 0.717) is 18.6 Å². The van der Waals surface area contributed by atoms with E-state index in [0.717, 1.165) is 5.56 Å². The van der Waals surface area contributed by atoms with Crippen LogP contribution in [-0.2, 0) is 6.42 Å². The third-order valence-corrected chi connectivity index (χ3v) is 1.95. The molecule has 0 unspecified atom stereocenters. The Labute approximate surface area is 86.2 Å². The molecule has 0 bridgehead atoms. The number of phenolic OH excluding ortho intramolecular Hbond substituents is 1. The van der Waals surface area contributed by atoms with E-state index >= 15 is 0 Å². The fourth-order valence-electron chi connectivity index (χ4n) is 1.30. The van der Waals surface area contributed by atoms with Crippen LogP contribution in [0.5, 0.6) is 5.75 Å². The van der Waals surface area contributed by atoms with E-state index in [-0.39, 0.29) is 11.5 Å². The molecular formula is C11H9NO3. The van der Waals surface area contributed by atoms with Gasteiger partial charge in [-0.05, 0) is 17.7 Å². The second-order valence-electron chi connectivity index (χ2n) is 3.12. The van der Waals surface area contributed by atoms with Crippen LogP contribution in [0.2, 0.25) is 0 Å². The molecule has 0 aliphatic heterocycles. The number of hydrogen-bond acceptors (Lipinski definition) is 4. The average molecular weight is 203 g/mol. The molecule has 0 amide bonds. The van der Waals surface area contributed by atoms with Gasteiger partial charge in [0.25, 0.3) is 0 Å². The van der Waals surface area contributed by atoms with Crippen molar-refractivity contribution in [2.24, 2.45) is 0 Å². The Morgan fingerprint density at radius 3 is 3.00 bits per heavy atom. The second-order valence-corrected chi connectivity index (χ2v) is 3.12. The molecule has 0 saturated heterocycles. The number of oxazole rings is 1. The topological polar surface area (TPSA) is 63.3 Å². The quantitative estimate of drug-likeness (QED) is 0.772. The number of aldehydes is 1. The van der Waals surface area contributed by atoms with Crippen LogP contribution in [0.25, 0.3) is 0 Å². The van der Waals surface area contributed by atoms with Gasteiger partial charge in [-0.25, -0.2) is 4.98 Å². The van der Waals surface area contributed by atoms with Crippen molar-refractivity contribution in [1.29, 1.82) is 0 Å². The van der Waals surface area contributed by atoms with Crippen molar-refractivity contribution in [3.05, 3.63) is 47.7 Å². The van der Waals surface area contributed by atoms with Gasteiger partial charge in [0.1, 0.15) is 5.75 Å². The highest BCUT2D eigenvalue weighted by Crippen LogP contribution is 2.14. The number of nitrogens with zero attached hydrogens (tertiary/aromatic N) is 1. The first-order valence-corrected chi connectivity index (χ1v) is 4.46. The van der Waals surface area contributed by atoms with Gasteiger partial charge in [-0.2, -0.15) is 0 Å². The van der Waals surface area contributed by atoms with Crippen LogP contribution in [0.3, 0.4) is 0 Å². The summed E-state index contributed by atoms with van der Waals surface area (Å²) in [6, 6.07) is 6.82. The smallest absolute Gasteiger partial charge is 0.199 e. The van der Waals surface area contributed by atoms with E-state index in [1.807, 2.05) is 6.07 Å². The predicted molar refractivity (Wildman–Crippen MR) is 52.8 cm³/mol. The van der Waals surface area contributed by atoms with E-state index in [9.17, 15) is 9.90 Å². The molecule has 1 heterocycles. The lowest BCUT2D eigenvalue weighted by Crippen LogP contribution is -1.87. The second kappa shape index (κ2) is 3.96. The van der Waals surface area contributed by atoms with Crippen LogP contribution in [0.1, 0.15) is 22.0 Å². The van der Waals surface area contributed by atoms with Gasteiger partial charge in [-0.1, -0.05) is 12.1 Å². The molecule has 0 fully saturated rings. The number of phenols is 1. The molecule has 15 heavy (non-hydrogen) atoms. The number of rotatable bonds is 3. The highest BCUT2D eigenvalue weighted by Gasteiger charge is 2.04. The molecule has 1 aromatic heterocycles. The van der Waals surface area contributed by atoms with Crippen LogP contribution in [0, 0.1) is 0 Å². The van der Waals surface area contributed by atoms with E-state index in [1.165, 1.54) is 6.20 Å². The maximum Gasteiger partial charge on any atom is 0.199 e. The van der Waals surface area contributed by atoms with Crippen molar-refractivity contribution in [2.75, 3.05) is 0 Å². The van der Waals surface area contributed by atoms with Gasteiger partial charge in [-0.3, -0.25) is 4.79 Å². The lowest BCUT2D eigenvalue weighted by atomic mass is 10.1. The van der Waals surface area contributed by atoms with Gasteiger partial charge < -0.3 is 9.52 Å². The normalized spacial score (nSPS) is 10.1. The summed E-state index contributed by atoms with van der Waals surface area (Å²) in [5.41, 5.74) is 0.884. The van der Waals surface area contributed by atoms with Crippen molar-refractivity contribution >= 4 is 6.29 Å². The van der Waals surface area contributed by atoms with Crippen molar-refractivity contribution < 1.29 is 14.3 Å². The van der Waals surface area contributed by atoms with Crippen molar-refractivity contribution in [2.45, 2.75) is 6.42 Å². The van der Waals surface area contributed by atoms with E-state index < -0.39 is 0 Å². The van der Waals surface area contributed by atoms with Gasteiger partial charge in [0, 0.05) is 6.42 Å². The van der Waals surface area contributed by atoms with Gasteiger partial charge in [-0.15, -0.1) is 0 Å². The number of carbonyl (C=O) groups excluding carboxylic acids is 1. The molecular weight excluding hydrogens is 194 g/mol. The number of carbonyl (C=O) groups is 1. The molecule has 0 aliphatic carbocycles. The molecule has 4 nitrogen and oxygen atoms in total. The lowest BCUT2D eigenvalue weighted by molar-refractivity contribution is 0.109. The van der Waals surface area contributed by atoms with Crippen molar-refractivity contribution in [3.8, 4) is 5.75 Å². The van der Waals surface area contributed by atoms with Crippen LogP contribution in [0.4, 0.5) is 0 Å². The summed E-state index contributed by atoms with van der Waals surface area (Å²) in [5, 5.41) is 9.24. The summed E-state index contributed by atoms with van der Waals surface area (Å²) >= 11 is 0. The molecule has 2 rings (SSSR count). The summed E-state index contributed by atoms with van der Waals surface area (Å²) in [5.74, 6) is 0.877. The summed E-state index contributed by atoms with van der Waals surface area (Å²) in [6.45, 7) is 0. The van der Waals surface area contributed by atoms with Gasteiger partial charge in [0.15, 0.2) is 17.9 Å². The highest BCUT2D eigenvalue weighted by atomic mass is 16.4.